The van der Waals surface area contributed by atoms with E-state index in [4.69, 9.17) is 0 Å². The molecule has 2 N–H and O–H groups in total. The van der Waals surface area contributed by atoms with E-state index in [1.165, 1.54) is 13.0 Å². The largest absolute Gasteiger partial charge is 0.361 e. The lowest BCUT2D eigenvalue weighted by atomic mass is 9.70. The standard InChI is InChI=1S/C25H31FN4O2/c1-24(16-29-12-3-4-13-29)20-18(28-23(24)32)9-10-25(2,26)21(20)19(17-8-7-11-27-17)22(31)30-14-5-6-15-30/h7-11,27H,3-6,12-16H2,1-2H3,(H,28,32). The number of amides is 2. The number of nitrogens with one attached hydrogen (secondary N) is 2. The number of halogens is 1. The maximum Gasteiger partial charge on any atom is 0.256 e. The smallest absolute Gasteiger partial charge is 0.256 e. The fourth-order valence-corrected chi connectivity index (χ4v) is 5.67. The molecule has 4 heterocycles. The highest BCUT2D eigenvalue weighted by molar-refractivity contribution is 6.21. The average Bonchev–Trinajstić information content (AvgIpc) is 3.54. The summed E-state index contributed by atoms with van der Waals surface area (Å²) in [6.45, 7) is 7.10. The fourth-order valence-electron chi connectivity index (χ4n) is 5.67. The minimum Gasteiger partial charge on any atom is -0.361 e. The van der Waals surface area contributed by atoms with Crippen LogP contribution in [0.15, 0.2) is 47.3 Å². The van der Waals surface area contributed by atoms with Crippen LogP contribution in [0.4, 0.5) is 4.39 Å². The van der Waals surface area contributed by atoms with Gasteiger partial charge in [0.2, 0.25) is 5.91 Å². The SMILES string of the molecule is CC1(F)C=CC2=C(C1=C(C(=O)N1CCCC1)c1ccc[nH]1)C(C)(CN1CCCC1)C(=O)N2. The number of carbonyl (C=O) groups is 2. The molecule has 32 heavy (non-hydrogen) atoms. The van der Waals surface area contributed by atoms with E-state index in [-0.39, 0.29) is 11.8 Å². The Hall–Kier alpha value is -2.67. The maximum absolute atomic E-state index is 16.3. The summed E-state index contributed by atoms with van der Waals surface area (Å²) in [5.41, 5.74) is -0.342. The molecular formula is C25H31FN4O2. The van der Waals surface area contributed by atoms with Gasteiger partial charge in [0, 0.05) is 37.1 Å². The van der Waals surface area contributed by atoms with Crippen LogP contribution in [0.25, 0.3) is 5.57 Å². The summed E-state index contributed by atoms with van der Waals surface area (Å²) in [6, 6.07) is 3.63. The third-order valence-corrected chi connectivity index (χ3v) is 7.34. The zero-order chi connectivity index (χ0) is 22.5. The van der Waals surface area contributed by atoms with Crippen molar-refractivity contribution < 1.29 is 14.0 Å². The molecule has 4 aliphatic rings. The van der Waals surface area contributed by atoms with Gasteiger partial charge in [0.15, 0.2) is 5.67 Å². The van der Waals surface area contributed by atoms with Gasteiger partial charge >= 0.3 is 0 Å². The molecule has 2 saturated heterocycles. The van der Waals surface area contributed by atoms with E-state index in [1.54, 1.807) is 17.2 Å². The van der Waals surface area contributed by atoms with Gasteiger partial charge in [-0.2, -0.15) is 0 Å². The van der Waals surface area contributed by atoms with Crippen LogP contribution in [0.2, 0.25) is 0 Å². The summed E-state index contributed by atoms with van der Waals surface area (Å²) >= 11 is 0. The summed E-state index contributed by atoms with van der Waals surface area (Å²) in [5.74, 6) is -0.303. The van der Waals surface area contributed by atoms with E-state index in [1.807, 2.05) is 19.1 Å². The lowest BCUT2D eigenvalue weighted by Crippen LogP contribution is -2.44. The minimum absolute atomic E-state index is 0.131. The van der Waals surface area contributed by atoms with E-state index in [2.05, 4.69) is 15.2 Å². The molecule has 2 unspecified atom stereocenters. The third-order valence-electron chi connectivity index (χ3n) is 7.34. The zero-order valence-corrected chi connectivity index (χ0v) is 18.8. The van der Waals surface area contributed by atoms with Crippen molar-refractivity contribution in [3.05, 3.63) is 53.0 Å². The zero-order valence-electron chi connectivity index (χ0n) is 18.8. The molecule has 0 saturated carbocycles. The van der Waals surface area contributed by atoms with Crippen molar-refractivity contribution in [2.45, 2.75) is 45.2 Å². The highest BCUT2D eigenvalue weighted by Crippen LogP contribution is 2.50. The van der Waals surface area contributed by atoms with Gasteiger partial charge in [-0.1, -0.05) is 0 Å². The number of H-pyrrole nitrogens is 1. The quantitative estimate of drug-likeness (QED) is 0.710. The molecule has 1 aromatic rings. The molecule has 2 fully saturated rings. The van der Waals surface area contributed by atoms with E-state index < -0.39 is 11.1 Å². The van der Waals surface area contributed by atoms with E-state index in [9.17, 15) is 9.59 Å². The lowest BCUT2D eigenvalue weighted by molar-refractivity contribution is -0.127. The van der Waals surface area contributed by atoms with Crippen LogP contribution < -0.4 is 5.32 Å². The van der Waals surface area contributed by atoms with E-state index in [0.29, 0.717) is 47.7 Å². The van der Waals surface area contributed by atoms with Gasteiger partial charge in [0.05, 0.1) is 16.7 Å². The van der Waals surface area contributed by atoms with Crippen molar-refractivity contribution in [1.82, 2.24) is 20.1 Å². The number of aromatic nitrogens is 1. The normalized spacial score (nSPS) is 32.0. The second kappa shape index (κ2) is 7.73. The van der Waals surface area contributed by atoms with Crippen molar-refractivity contribution in [3.8, 4) is 0 Å². The van der Waals surface area contributed by atoms with Gasteiger partial charge in [-0.25, -0.2) is 4.39 Å². The van der Waals surface area contributed by atoms with Gasteiger partial charge in [-0.3, -0.25) is 9.59 Å². The van der Waals surface area contributed by atoms with Crippen molar-refractivity contribution in [1.29, 1.82) is 0 Å². The number of hydrogen-bond acceptors (Lipinski definition) is 3. The highest BCUT2D eigenvalue weighted by Gasteiger charge is 2.53. The van der Waals surface area contributed by atoms with Gasteiger partial charge < -0.3 is 20.1 Å². The molecular weight excluding hydrogens is 407 g/mol. The molecule has 2 amide bonds. The first kappa shape index (κ1) is 21.2. The number of carbonyl (C=O) groups excluding carboxylic acids is 2. The Balaban J connectivity index is 1.71. The molecule has 1 aliphatic carbocycles. The highest BCUT2D eigenvalue weighted by atomic mass is 19.1. The second-order valence-corrected chi connectivity index (χ2v) is 9.80. The molecule has 170 valence electrons. The Bertz CT molecular complexity index is 1020. The Morgan fingerprint density at radius 2 is 1.81 bits per heavy atom. The summed E-state index contributed by atoms with van der Waals surface area (Å²) in [6.07, 6.45) is 8.99. The molecule has 6 nitrogen and oxygen atoms in total. The molecule has 7 heteroatoms. The summed E-state index contributed by atoms with van der Waals surface area (Å²) in [7, 11) is 0. The van der Waals surface area contributed by atoms with Crippen LogP contribution in [0.5, 0.6) is 0 Å². The van der Waals surface area contributed by atoms with Crippen molar-refractivity contribution >= 4 is 17.4 Å². The third kappa shape index (κ3) is 3.34. The Morgan fingerprint density at radius 3 is 2.47 bits per heavy atom. The predicted octanol–water partition coefficient (Wildman–Crippen LogP) is 3.17. The Labute approximate surface area is 188 Å². The van der Waals surface area contributed by atoms with Crippen LogP contribution in [0.3, 0.4) is 0 Å². The number of likely N-dealkylation sites (tertiary alicyclic amines) is 2. The number of aromatic amines is 1. The predicted molar refractivity (Wildman–Crippen MR) is 121 cm³/mol. The summed E-state index contributed by atoms with van der Waals surface area (Å²) in [5, 5.41) is 2.99. The van der Waals surface area contributed by atoms with Crippen LogP contribution in [0.1, 0.15) is 45.2 Å². The van der Waals surface area contributed by atoms with Gasteiger partial charge in [-0.05, 0) is 82.5 Å². The van der Waals surface area contributed by atoms with Gasteiger partial charge in [-0.15, -0.1) is 0 Å². The number of rotatable bonds is 4. The molecule has 0 radical (unpaired) electrons. The van der Waals surface area contributed by atoms with E-state index >= 15 is 4.39 Å². The first-order chi connectivity index (χ1) is 15.3. The molecule has 2 atom stereocenters. The minimum atomic E-state index is -1.88. The molecule has 5 rings (SSSR count). The molecule has 0 aromatic carbocycles. The summed E-state index contributed by atoms with van der Waals surface area (Å²) in [4.78, 5) is 34.3. The lowest BCUT2D eigenvalue weighted by Gasteiger charge is -2.37. The van der Waals surface area contributed by atoms with Gasteiger partial charge in [0.25, 0.3) is 5.91 Å². The topological polar surface area (TPSA) is 68.4 Å². The van der Waals surface area contributed by atoms with Crippen LogP contribution in [0, 0.1) is 5.41 Å². The number of hydrogen-bond donors (Lipinski definition) is 2. The Kier molecular flexibility index (Phi) is 5.12. The van der Waals surface area contributed by atoms with Crippen LogP contribution in [-0.2, 0) is 9.59 Å². The number of allylic oxidation sites excluding steroid dienone is 3. The van der Waals surface area contributed by atoms with Gasteiger partial charge in [0.1, 0.15) is 0 Å². The molecule has 3 aliphatic heterocycles. The maximum atomic E-state index is 16.3. The molecule has 0 spiro atoms. The van der Waals surface area contributed by atoms with Crippen molar-refractivity contribution in [2.75, 3.05) is 32.7 Å². The van der Waals surface area contributed by atoms with Crippen LogP contribution >= 0.6 is 0 Å². The first-order valence-electron chi connectivity index (χ1n) is 11.7. The summed E-state index contributed by atoms with van der Waals surface area (Å²) < 4.78 is 16.3. The monoisotopic (exact) mass is 438 g/mol. The van der Waals surface area contributed by atoms with E-state index in [0.717, 1.165) is 38.8 Å². The Morgan fingerprint density at radius 1 is 1.12 bits per heavy atom. The van der Waals surface area contributed by atoms with Crippen molar-refractivity contribution in [3.63, 3.8) is 0 Å². The number of alkyl halides is 1. The average molecular weight is 439 g/mol. The first-order valence-corrected chi connectivity index (χ1v) is 11.7. The second-order valence-electron chi connectivity index (χ2n) is 9.80. The van der Waals surface area contributed by atoms with Crippen molar-refractivity contribution in [2.24, 2.45) is 5.41 Å². The number of nitrogens with zero attached hydrogens (tertiary/aromatic N) is 2. The fraction of sp³-hybridized carbons (Fsp3) is 0.520. The van der Waals surface area contributed by atoms with Crippen LogP contribution in [-0.4, -0.2) is 65.0 Å². The molecule has 1 aromatic heterocycles. The molecule has 0 bridgehead atoms.